The van der Waals surface area contributed by atoms with E-state index in [0.717, 1.165) is 5.69 Å². The van der Waals surface area contributed by atoms with Gasteiger partial charge in [0.05, 0.1) is 19.3 Å². The fourth-order valence-electron chi connectivity index (χ4n) is 1.94. The van der Waals surface area contributed by atoms with Crippen LogP contribution in [-0.2, 0) is 6.54 Å². The summed E-state index contributed by atoms with van der Waals surface area (Å²) in [6.07, 6.45) is 1.66. The third-order valence-corrected chi connectivity index (χ3v) is 3.10. The molecule has 0 aliphatic heterocycles. The summed E-state index contributed by atoms with van der Waals surface area (Å²) >= 11 is 0. The van der Waals surface area contributed by atoms with E-state index in [4.69, 9.17) is 9.26 Å². The zero-order valence-corrected chi connectivity index (χ0v) is 12.4. The zero-order valence-electron chi connectivity index (χ0n) is 12.4. The highest BCUT2D eigenvalue weighted by Gasteiger charge is 2.15. The van der Waals surface area contributed by atoms with Gasteiger partial charge in [0.2, 0.25) is 0 Å². The maximum absolute atomic E-state index is 12.0. The first-order valence-electron chi connectivity index (χ1n) is 6.92. The standard InChI is InChI=1S/C16H14N4O3/c1-22-13-7-4-5-11(9-13)16-19-14(20-23-16)15(21)18-10-12-6-2-3-8-17-12/h2-9H,10H2,1H3,(H,18,21). The van der Waals surface area contributed by atoms with Crippen molar-refractivity contribution in [3.8, 4) is 17.2 Å². The number of rotatable bonds is 5. The zero-order chi connectivity index (χ0) is 16.1. The number of pyridine rings is 1. The molecule has 23 heavy (non-hydrogen) atoms. The average Bonchev–Trinajstić information content (AvgIpc) is 3.11. The van der Waals surface area contributed by atoms with Gasteiger partial charge in [0, 0.05) is 11.8 Å². The maximum atomic E-state index is 12.0. The maximum Gasteiger partial charge on any atom is 0.293 e. The molecule has 0 spiro atoms. The Morgan fingerprint density at radius 2 is 2.17 bits per heavy atom. The van der Waals surface area contributed by atoms with Gasteiger partial charge < -0.3 is 14.6 Å². The second-order valence-electron chi connectivity index (χ2n) is 4.66. The Hall–Kier alpha value is -3.22. The SMILES string of the molecule is COc1cccc(-c2nc(C(=O)NCc3ccccn3)no2)c1. The topological polar surface area (TPSA) is 90.1 Å². The van der Waals surface area contributed by atoms with E-state index in [-0.39, 0.29) is 11.7 Å². The number of methoxy groups -OCH3 is 1. The van der Waals surface area contributed by atoms with Gasteiger partial charge in [0.15, 0.2) is 0 Å². The lowest BCUT2D eigenvalue weighted by molar-refractivity contribution is 0.0937. The van der Waals surface area contributed by atoms with Gasteiger partial charge in [0.1, 0.15) is 5.75 Å². The van der Waals surface area contributed by atoms with Crippen LogP contribution in [0.5, 0.6) is 5.75 Å². The Bertz CT molecular complexity index is 802. The van der Waals surface area contributed by atoms with Crippen LogP contribution in [-0.4, -0.2) is 28.1 Å². The van der Waals surface area contributed by atoms with E-state index in [1.807, 2.05) is 18.2 Å². The average molecular weight is 310 g/mol. The van der Waals surface area contributed by atoms with Gasteiger partial charge in [-0.05, 0) is 30.3 Å². The Labute approximate surface area is 132 Å². The van der Waals surface area contributed by atoms with Gasteiger partial charge >= 0.3 is 0 Å². The lowest BCUT2D eigenvalue weighted by atomic mass is 10.2. The summed E-state index contributed by atoms with van der Waals surface area (Å²) in [5.74, 6) is 0.473. The van der Waals surface area contributed by atoms with Crippen molar-refractivity contribution in [1.82, 2.24) is 20.4 Å². The second-order valence-corrected chi connectivity index (χ2v) is 4.66. The van der Waals surface area contributed by atoms with E-state index in [1.165, 1.54) is 0 Å². The lowest BCUT2D eigenvalue weighted by Crippen LogP contribution is -2.24. The van der Waals surface area contributed by atoms with E-state index < -0.39 is 5.91 Å². The van der Waals surface area contributed by atoms with Crippen LogP contribution in [0.15, 0.2) is 53.2 Å². The second kappa shape index (κ2) is 6.69. The first-order chi connectivity index (χ1) is 11.3. The molecule has 0 fully saturated rings. The van der Waals surface area contributed by atoms with Gasteiger partial charge in [-0.15, -0.1) is 0 Å². The highest BCUT2D eigenvalue weighted by molar-refractivity contribution is 5.90. The third kappa shape index (κ3) is 3.52. The molecule has 7 nitrogen and oxygen atoms in total. The molecule has 0 aliphatic carbocycles. The number of aromatic nitrogens is 3. The molecule has 1 amide bonds. The minimum atomic E-state index is -0.423. The predicted molar refractivity (Wildman–Crippen MR) is 81.7 cm³/mol. The van der Waals surface area contributed by atoms with Crippen LogP contribution in [0, 0.1) is 0 Å². The summed E-state index contributed by atoms with van der Waals surface area (Å²) in [6.45, 7) is 0.294. The van der Waals surface area contributed by atoms with Crippen molar-refractivity contribution in [1.29, 1.82) is 0 Å². The van der Waals surface area contributed by atoms with Gasteiger partial charge in [-0.3, -0.25) is 9.78 Å². The Kier molecular flexibility index (Phi) is 4.28. The molecule has 116 valence electrons. The van der Waals surface area contributed by atoms with Gasteiger partial charge in [-0.2, -0.15) is 4.98 Å². The largest absolute Gasteiger partial charge is 0.497 e. The molecule has 3 aromatic rings. The van der Waals surface area contributed by atoms with Crippen molar-refractivity contribution in [2.75, 3.05) is 7.11 Å². The molecule has 0 saturated carbocycles. The first kappa shape index (κ1) is 14.7. The molecular formula is C16H14N4O3. The highest BCUT2D eigenvalue weighted by atomic mass is 16.5. The van der Waals surface area contributed by atoms with E-state index in [1.54, 1.807) is 37.6 Å². The number of hydrogen-bond donors (Lipinski definition) is 1. The number of hydrogen-bond acceptors (Lipinski definition) is 6. The van der Waals surface area contributed by atoms with Crippen molar-refractivity contribution < 1.29 is 14.1 Å². The molecule has 2 aromatic heterocycles. The third-order valence-electron chi connectivity index (χ3n) is 3.10. The molecular weight excluding hydrogens is 296 g/mol. The van der Waals surface area contributed by atoms with E-state index >= 15 is 0 Å². The molecule has 0 unspecified atom stereocenters. The number of benzene rings is 1. The van der Waals surface area contributed by atoms with E-state index in [0.29, 0.717) is 17.9 Å². The number of nitrogens with one attached hydrogen (secondary N) is 1. The molecule has 2 heterocycles. The van der Waals surface area contributed by atoms with E-state index in [9.17, 15) is 4.79 Å². The number of ether oxygens (including phenoxy) is 1. The summed E-state index contributed by atoms with van der Waals surface area (Å²) in [5, 5.41) is 6.39. The normalized spacial score (nSPS) is 10.3. The minimum Gasteiger partial charge on any atom is -0.497 e. The fraction of sp³-hybridized carbons (Fsp3) is 0.125. The van der Waals surface area contributed by atoms with Crippen molar-refractivity contribution >= 4 is 5.91 Å². The quantitative estimate of drug-likeness (QED) is 0.776. The fourth-order valence-corrected chi connectivity index (χ4v) is 1.94. The summed E-state index contributed by atoms with van der Waals surface area (Å²) in [4.78, 5) is 20.3. The van der Waals surface area contributed by atoms with Gasteiger partial charge in [-0.1, -0.05) is 17.3 Å². The lowest BCUT2D eigenvalue weighted by Gasteiger charge is -2.01. The summed E-state index contributed by atoms with van der Waals surface area (Å²) in [7, 11) is 1.57. The van der Waals surface area contributed by atoms with Gasteiger partial charge in [0.25, 0.3) is 17.6 Å². The molecule has 0 radical (unpaired) electrons. The molecule has 1 N–H and O–H groups in total. The number of nitrogens with zero attached hydrogens (tertiary/aromatic N) is 3. The molecule has 1 aromatic carbocycles. The van der Waals surface area contributed by atoms with Crippen molar-refractivity contribution in [2.24, 2.45) is 0 Å². The summed E-state index contributed by atoms with van der Waals surface area (Å²) in [5.41, 5.74) is 1.43. The van der Waals surface area contributed by atoms with Crippen LogP contribution in [0.4, 0.5) is 0 Å². The predicted octanol–water partition coefficient (Wildman–Crippen LogP) is 2.07. The first-order valence-corrected chi connectivity index (χ1v) is 6.92. The molecule has 7 heteroatoms. The van der Waals surface area contributed by atoms with Crippen LogP contribution in [0.3, 0.4) is 0 Å². The van der Waals surface area contributed by atoms with Crippen LogP contribution in [0.2, 0.25) is 0 Å². The van der Waals surface area contributed by atoms with Crippen molar-refractivity contribution in [2.45, 2.75) is 6.54 Å². The van der Waals surface area contributed by atoms with Crippen molar-refractivity contribution in [3.63, 3.8) is 0 Å². The molecule has 0 aliphatic rings. The van der Waals surface area contributed by atoms with Crippen molar-refractivity contribution in [3.05, 3.63) is 60.2 Å². The Morgan fingerprint density at radius 1 is 1.26 bits per heavy atom. The number of amides is 1. The van der Waals surface area contributed by atoms with Crippen LogP contribution < -0.4 is 10.1 Å². The van der Waals surface area contributed by atoms with Crippen LogP contribution >= 0.6 is 0 Å². The molecule has 0 atom stereocenters. The molecule has 0 bridgehead atoms. The highest BCUT2D eigenvalue weighted by Crippen LogP contribution is 2.22. The van der Waals surface area contributed by atoms with Crippen LogP contribution in [0.1, 0.15) is 16.3 Å². The summed E-state index contributed by atoms with van der Waals surface area (Å²) < 4.78 is 10.3. The Morgan fingerprint density at radius 3 is 2.96 bits per heavy atom. The van der Waals surface area contributed by atoms with Gasteiger partial charge in [-0.25, -0.2) is 0 Å². The number of carbonyl (C=O) groups is 1. The molecule has 0 saturated heterocycles. The Balaban J connectivity index is 1.69. The van der Waals surface area contributed by atoms with Crippen LogP contribution in [0.25, 0.3) is 11.5 Å². The number of carbonyl (C=O) groups excluding carboxylic acids is 1. The smallest absolute Gasteiger partial charge is 0.293 e. The van der Waals surface area contributed by atoms with E-state index in [2.05, 4.69) is 20.4 Å². The summed E-state index contributed by atoms with van der Waals surface area (Å²) in [6, 6.07) is 12.6. The monoisotopic (exact) mass is 310 g/mol. The molecule has 3 rings (SSSR count). The minimum absolute atomic E-state index is 0.0289.